The molecule has 8 heteroatoms. The maximum Gasteiger partial charge on any atom is 0.234 e. The van der Waals surface area contributed by atoms with Gasteiger partial charge in [-0.05, 0) is 37.1 Å². The first kappa shape index (κ1) is 15.8. The van der Waals surface area contributed by atoms with Gasteiger partial charge in [0.25, 0.3) is 0 Å². The summed E-state index contributed by atoms with van der Waals surface area (Å²) in [5, 5.41) is 10.4. The minimum Gasteiger partial charge on any atom is -0.497 e. The predicted molar refractivity (Wildman–Crippen MR) is 86.7 cm³/mol. The Hall–Kier alpha value is -2.06. The fourth-order valence-corrected chi connectivity index (χ4v) is 2.87. The molecule has 0 saturated carbocycles. The van der Waals surface area contributed by atoms with E-state index in [0.717, 1.165) is 36.7 Å². The van der Waals surface area contributed by atoms with E-state index in [-0.39, 0.29) is 17.8 Å². The van der Waals surface area contributed by atoms with E-state index in [2.05, 4.69) is 20.5 Å². The van der Waals surface area contributed by atoms with Gasteiger partial charge in [-0.2, -0.15) is 0 Å². The van der Waals surface area contributed by atoms with Gasteiger partial charge in [0.1, 0.15) is 11.9 Å². The molecule has 1 fully saturated rings. The Kier molecular flexibility index (Phi) is 5.14. The van der Waals surface area contributed by atoms with Gasteiger partial charge in [0.2, 0.25) is 11.1 Å². The van der Waals surface area contributed by atoms with Crippen LogP contribution in [-0.4, -0.2) is 40.6 Å². The lowest BCUT2D eigenvalue weighted by Gasteiger charge is -2.05. The Bertz CT molecular complexity index is 653. The Morgan fingerprint density at radius 3 is 3.00 bits per heavy atom. The number of rotatable bonds is 6. The highest BCUT2D eigenvalue weighted by molar-refractivity contribution is 7.99. The van der Waals surface area contributed by atoms with E-state index in [0.29, 0.717) is 5.16 Å². The number of aromatic amines is 1. The molecule has 122 valence electrons. The maximum atomic E-state index is 11.9. The Morgan fingerprint density at radius 2 is 2.30 bits per heavy atom. The second-order valence-electron chi connectivity index (χ2n) is 5.07. The van der Waals surface area contributed by atoms with Gasteiger partial charge in [-0.15, -0.1) is 5.10 Å². The Labute approximate surface area is 138 Å². The topological polar surface area (TPSA) is 89.1 Å². The number of benzene rings is 1. The van der Waals surface area contributed by atoms with Crippen molar-refractivity contribution in [1.29, 1.82) is 0 Å². The zero-order chi connectivity index (χ0) is 16.1. The summed E-state index contributed by atoms with van der Waals surface area (Å²) in [5.41, 5.74) is 0.728. The first-order valence-electron chi connectivity index (χ1n) is 7.35. The number of ether oxygens (including phenoxy) is 2. The molecule has 1 saturated heterocycles. The van der Waals surface area contributed by atoms with Crippen LogP contribution in [0.25, 0.3) is 0 Å². The first-order chi connectivity index (χ1) is 11.2. The van der Waals surface area contributed by atoms with Crippen molar-refractivity contribution < 1.29 is 14.3 Å². The van der Waals surface area contributed by atoms with E-state index in [1.54, 1.807) is 31.4 Å². The molecule has 0 bridgehead atoms. The maximum absolute atomic E-state index is 11.9. The molecule has 0 radical (unpaired) electrons. The van der Waals surface area contributed by atoms with E-state index in [9.17, 15) is 4.79 Å². The van der Waals surface area contributed by atoms with Gasteiger partial charge in [-0.1, -0.05) is 11.8 Å². The number of methoxy groups -OCH3 is 1. The summed E-state index contributed by atoms with van der Waals surface area (Å²) in [5.74, 6) is 1.62. The second-order valence-corrected chi connectivity index (χ2v) is 6.01. The molecule has 1 aliphatic rings. The van der Waals surface area contributed by atoms with Crippen LogP contribution in [0.3, 0.4) is 0 Å². The van der Waals surface area contributed by atoms with Gasteiger partial charge in [-0.3, -0.25) is 9.89 Å². The average molecular weight is 334 g/mol. The van der Waals surface area contributed by atoms with Crippen molar-refractivity contribution in [3.05, 3.63) is 30.1 Å². The molecule has 2 heterocycles. The van der Waals surface area contributed by atoms with Crippen molar-refractivity contribution >= 4 is 23.4 Å². The molecule has 1 aromatic carbocycles. The average Bonchev–Trinajstić information content (AvgIpc) is 3.25. The predicted octanol–water partition coefficient (Wildman–Crippen LogP) is 2.40. The number of nitrogens with one attached hydrogen (secondary N) is 2. The molecule has 7 nitrogen and oxygen atoms in total. The van der Waals surface area contributed by atoms with E-state index in [1.165, 1.54) is 11.8 Å². The zero-order valence-electron chi connectivity index (χ0n) is 12.7. The Balaban J connectivity index is 1.48. The number of thioether (sulfide) groups is 1. The smallest absolute Gasteiger partial charge is 0.234 e. The fraction of sp³-hybridized carbons (Fsp3) is 0.400. The quantitative estimate of drug-likeness (QED) is 0.789. The normalized spacial score (nSPS) is 17.2. The molecule has 0 spiro atoms. The van der Waals surface area contributed by atoms with Crippen LogP contribution in [0, 0.1) is 0 Å². The highest BCUT2D eigenvalue weighted by Gasteiger charge is 2.21. The van der Waals surface area contributed by atoms with Crippen LogP contribution in [0.2, 0.25) is 0 Å². The lowest BCUT2D eigenvalue weighted by atomic mass is 10.2. The molecule has 2 aromatic rings. The number of aromatic nitrogens is 3. The number of amides is 1. The summed E-state index contributed by atoms with van der Waals surface area (Å²) in [7, 11) is 1.60. The number of hydrogen-bond donors (Lipinski definition) is 2. The summed E-state index contributed by atoms with van der Waals surface area (Å²) in [4.78, 5) is 16.3. The van der Waals surface area contributed by atoms with Crippen molar-refractivity contribution in [2.24, 2.45) is 0 Å². The third-order valence-corrected chi connectivity index (χ3v) is 4.27. The van der Waals surface area contributed by atoms with Gasteiger partial charge >= 0.3 is 0 Å². The van der Waals surface area contributed by atoms with E-state index >= 15 is 0 Å². The minimum atomic E-state index is -0.108. The SMILES string of the molecule is COc1ccc(NC(=O)CSc2n[nH]c([C@H]3CCCO3)n2)cc1. The van der Waals surface area contributed by atoms with E-state index in [4.69, 9.17) is 9.47 Å². The van der Waals surface area contributed by atoms with Crippen LogP contribution < -0.4 is 10.1 Å². The van der Waals surface area contributed by atoms with Crippen molar-refractivity contribution in [1.82, 2.24) is 15.2 Å². The van der Waals surface area contributed by atoms with Gasteiger partial charge < -0.3 is 14.8 Å². The fourth-order valence-electron chi connectivity index (χ4n) is 2.26. The largest absolute Gasteiger partial charge is 0.497 e. The van der Waals surface area contributed by atoms with Crippen LogP contribution in [-0.2, 0) is 9.53 Å². The number of hydrogen-bond acceptors (Lipinski definition) is 6. The molecule has 1 aliphatic heterocycles. The number of anilines is 1. The van der Waals surface area contributed by atoms with Crippen molar-refractivity contribution in [2.75, 3.05) is 24.8 Å². The summed E-state index contributed by atoms with van der Waals surface area (Å²) in [6.07, 6.45) is 2.00. The standard InChI is InChI=1S/C15H18N4O3S/c1-21-11-6-4-10(5-7-11)16-13(20)9-23-15-17-14(18-19-15)12-3-2-8-22-12/h4-7,12H,2-3,8-9H2,1H3,(H,16,20)(H,17,18,19)/t12-/m1/s1. The van der Waals surface area contributed by atoms with Gasteiger partial charge in [0.15, 0.2) is 5.82 Å². The number of carbonyl (C=O) groups is 1. The van der Waals surface area contributed by atoms with Crippen LogP contribution in [0.4, 0.5) is 5.69 Å². The molecule has 1 aromatic heterocycles. The van der Waals surface area contributed by atoms with Crippen LogP contribution in [0.1, 0.15) is 24.8 Å². The van der Waals surface area contributed by atoms with Crippen molar-refractivity contribution in [3.8, 4) is 5.75 Å². The number of carbonyl (C=O) groups excluding carboxylic acids is 1. The third-order valence-electron chi connectivity index (χ3n) is 3.42. The van der Waals surface area contributed by atoms with E-state index < -0.39 is 0 Å². The zero-order valence-corrected chi connectivity index (χ0v) is 13.6. The van der Waals surface area contributed by atoms with Crippen LogP contribution >= 0.6 is 11.8 Å². The van der Waals surface area contributed by atoms with Gasteiger partial charge in [-0.25, -0.2) is 4.98 Å². The second kappa shape index (κ2) is 7.47. The highest BCUT2D eigenvalue weighted by Crippen LogP contribution is 2.27. The molecule has 0 unspecified atom stereocenters. The molecular weight excluding hydrogens is 316 g/mol. The van der Waals surface area contributed by atoms with Crippen molar-refractivity contribution in [2.45, 2.75) is 24.1 Å². The molecular formula is C15H18N4O3S. The Morgan fingerprint density at radius 1 is 1.48 bits per heavy atom. The van der Waals surface area contributed by atoms with Gasteiger partial charge in [0.05, 0.1) is 12.9 Å². The lowest BCUT2D eigenvalue weighted by Crippen LogP contribution is -2.14. The third kappa shape index (κ3) is 4.23. The monoisotopic (exact) mass is 334 g/mol. The summed E-state index contributed by atoms with van der Waals surface area (Å²) >= 11 is 1.29. The van der Waals surface area contributed by atoms with Crippen molar-refractivity contribution in [3.63, 3.8) is 0 Å². The summed E-state index contributed by atoms with van der Waals surface area (Å²) in [6, 6.07) is 7.19. The molecule has 1 atom stereocenters. The van der Waals surface area contributed by atoms with E-state index in [1.807, 2.05) is 0 Å². The summed E-state index contributed by atoms with van der Waals surface area (Å²) in [6.45, 7) is 0.762. The molecule has 23 heavy (non-hydrogen) atoms. The number of nitrogens with zero attached hydrogens (tertiary/aromatic N) is 2. The molecule has 3 rings (SSSR count). The van der Waals surface area contributed by atoms with Crippen LogP contribution in [0.5, 0.6) is 5.75 Å². The van der Waals surface area contributed by atoms with Gasteiger partial charge in [0, 0.05) is 12.3 Å². The number of H-pyrrole nitrogens is 1. The van der Waals surface area contributed by atoms with Crippen LogP contribution in [0.15, 0.2) is 29.4 Å². The highest BCUT2D eigenvalue weighted by atomic mass is 32.2. The molecule has 1 amide bonds. The molecule has 0 aliphatic carbocycles. The minimum absolute atomic E-state index is 0.00461. The first-order valence-corrected chi connectivity index (χ1v) is 8.34. The summed E-state index contributed by atoms with van der Waals surface area (Å²) < 4.78 is 10.6. The molecule has 2 N–H and O–H groups in total. The lowest BCUT2D eigenvalue weighted by molar-refractivity contribution is -0.113.